The van der Waals surface area contributed by atoms with E-state index in [0.29, 0.717) is 12.1 Å². The van der Waals surface area contributed by atoms with Crippen molar-refractivity contribution in [1.82, 2.24) is 9.97 Å². The number of carbonyl (C=O) groups excluding carboxylic acids is 1. The summed E-state index contributed by atoms with van der Waals surface area (Å²) < 4.78 is 66.9. The number of aromatic nitrogens is 2. The molecule has 0 radical (unpaired) electrons. The molecule has 4 nitrogen and oxygen atoms in total. The van der Waals surface area contributed by atoms with E-state index in [4.69, 9.17) is 0 Å². The molecule has 29 heavy (non-hydrogen) atoms. The van der Waals surface area contributed by atoms with Crippen molar-refractivity contribution in [3.05, 3.63) is 99.2 Å². The molecule has 0 saturated heterocycles. The third-order valence-corrected chi connectivity index (χ3v) is 4.31. The molecule has 2 heterocycles. The van der Waals surface area contributed by atoms with Crippen molar-refractivity contribution >= 4 is 5.78 Å². The highest BCUT2D eigenvalue weighted by Gasteiger charge is 2.35. The minimum atomic E-state index is -4.89. The lowest BCUT2D eigenvalue weighted by Gasteiger charge is -2.18. The van der Waals surface area contributed by atoms with Gasteiger partial charge in [-0.1, -0.05) is 6.07 Å². The van der Waals surface area contributed by atoms with Gasteiger partial charge in [-0.2, -0.15) is 13.2 Å². The van der Waals surface area contributed by atoms with E-state index in [0.717, 1.165) is 18.2 Å². The Kier molecular flexibility index (Phi) is 5.58. The van der Waals surface area contributed by atoms with E-state index in [1.807, 2.05) is 0 Å². The van der Waals surface area contributed by atoms with Crippen molar-refractivity contribution < 1.29 is 26.7 Å². The van der Waals surface area contributed by atoms with Crippen LogP contribution in [-0.4, -0.2) is 15.8 Å². The molecule has 0 aliphatic rings. The quantitative estimate of drug-likeness (QED) is 0.501. The van der Waals surface area contributed by atoms with Gasteiger partial charge in [-0.15, -0.1) is 0 Å². The number of hydrogen-bond donors (Lipinski definition) is 1. The molecule has 150 valence electrons. The Morgan fingerprint density at radius 1 is 1.07 bits per heavy atom. The van der Waals surface area contributed by atoms with Crippen molar-refractivity contribution in [2.75, 3.05) is 0 Å². The van der Waals surface area contributed by atoms with E-state index < -0.39 is 47.1 Å². The Labute approximate surface area is 161 Å². The fraction of sp³-hybridized carbons (Fsp3) is 0.150. The molecule has 1 N–H and O–H groups in total. The molecular weight excluding hydrogens is 395 g/mol. The Morgan fingerprint density at radius 3 is 2.41 bits per heavy atom. The maximum Gasteiger partial charge on any atom is 0.419 e. The molecule has 9 heteroatoms. The molecule has 1 atom stereocenters. The number of hydrogen-bond acceptors (Lipinski definition) is 3. The Bertz CT molecular complexity index is 1090. The lowest BCUT2D eigenvalue weighted by Crippen LogP contribution is -2.15. The summed E-state index contributed by atoms with van der Waals surface area (Å²) in [6, 6.07) is 6.95. The van der Waals surface area contributed by atoms with Crippen LogP contribution in [0.5, 0.6) is 0 Å². The van der Waals surface area contributed by atoms with Crippen molar-refractivity contribution in [3.63, 3.8) is 0 Å². The van der Waals surface area contributed by atoms with E-state index in [2.05, 4.69) is 9.97 Å². The van der Waals surface area contributed by atoms with E-state index in [1.165, 1.54) is 24.5 Å². The lowest BCUT2D eigenvalue weighted by molar-refractivity contribution is -0.140. The maximum absolute atomic E-state index is 14.3. The number of ketones is 1. The number of pyridine rings is 2. The smallest absolute Gasteiger partial charge is 0.328 e. The molecule has 0 aliphatic carbocycles. The second kappa shape index (κ2) is 7.94. The predicted molar refractivity (Wildman–Crippen MR) is 93.5 cm³/mol. The largest absolute Gasteiger partial charge is 0.419 e. The third-order valence-electron chi connectivity index (χ3n) is 4.31. The summed E-state index contributed by atoms with van der Waals surface area (Å²) in [6.45, 7) is 0. The van der Waals surface area contributed by atoms with Crippen LogP contribution in [0.25, 0.3) is 0 Å². The molecule has 2 aromatic heterocycles. The number of benzene rings is 1. The second-order valence-electron chi connectivity index (χ2n) is 6.23. The molecule has 0 unspecified atom stereocenters. The van der Waals surface area contributed by atoms with Gasteiger partial charge >= 0.3 is 6.18 Å². The fourth-order valence-electron chi connectivity index (χ4n) is 2.89. The summed E-state index contributed by atoms with van der Waals surface area (Å²) >= 11 is 0. The molecule has 0 amide bonds. The molecule has 0 spiro atoms. The summed E-state index contributed by atoms with van der Waals surface area (Å²) in [4.78, 5) is 29.9. The number of carbonyl (C=O) groups is 1. The zero-order valence-corrected chi connectivity index (χ0v) is 14.6. The first-order chi connectivity index (χ1) is 13.7. The van der Waals surface area contributed by atoms with Gasteiger partial charge in [0.1, 0.15) is 11.6 Å². The standard InChI is InChI=1S/C20H13F5N2O2/c21-15-2-1-7-26-19(15)13(9-17(28)12-4-6-18(29)27-10-12)11-3-5-14(16(22)8-11)20(23,24)25/h1-8,10,13H,9H2,(H,27,29)/t13-/m0/s1. The van der Waals surface area contributed by atoms with Gasteiger partial charge in [-0.3, -0.25) is 14.6 Å². The summed E-state index contributed by atoms with van der Waals surface area (Å²) in [6.07, 6.45) is -2.86. The van der Waals surface area contributed by atoms with Crippen LogP contribution >= 0.6 is 0 Å². The average molecular weight is 408 g/mol. The third kappa shape index (κ3) is 4.56. The molecule has 0 bridgehead atoms. The van der Waals surface area contributed by atoms with Crippen LogP contribution < -0.4 is 5.56 Å². The zero-order valence-electron chi connectivity index (χ0n) is 14.6. The molecular formula is C20H13F5N2O2. The van der Waals surface area contributed by atoms with Crippen LogP contribution in [-0.2, 0) is 6.18 Å². The van der Waals surface area contributed by atoms with Gasteiger partial charge in [0.2, 0.25) is 5.56 Å². The van der Waals surface area contributed by atoms with Gasteiger partial charge in [0.05, 0.1) is 11.3 Å². The van der Waals surface area contributed by atoms with Crippen molar-refractivity contribution in [1.29, 1.82) is 0 Å². The average Bonchev–Trinajstić information content (AvgIpc) is 2.66. The molecule has 0 aliphatic heterocycles. The molecule has 3 aromatic rings. The van der Waals surface area contributed by atoms with Crippen LogP contribution in [0.3, 0.4) is 0 Å². The van der Waals surface area contributed by atoms with E-state index in [-0.39, 0.29) is 16.8 Å². The minimum Gasteiger partial charge on any atom is -0.328 e. The maximum atomic E-state index is 14.3. The Morgan fingerprint density at radius 2 is 1.83 bits per heavy atom. The number of Topliss-reactive ketones (excluding diaryl/α,β-unsaturated/α-hetero) is 1. The monoisotopic (exact) mass is 408 g/mol. The van der Waals surface area contributed by atoms with Crippen LogP contribution in [0.2, 0.25) is 0 Å². The van der Waals surface area contributed by atoms with Crippen LogP contribution in [0, 0.1) is 11.6 Å². The van der Waals surface area contributed by atoms with E-state index in [1.54, 1.807) is 0 Å². The van der Waals surface area contributed by atoms with Gasteiger partial charge in [0, 0.05) is 36.4 Å². The molecule has 1 aromatic carbocycles. The van der Waals surface area contributed by atoms with Gasteiger partial charge in [0.25, 0.3) is 0 Å². The van der Waals surface area contributed by atoms with Gasteiger partial charge in [0.15, 0.2) is 5.78 Å². The highest BCUT2D eigenvalue weighted by molar-refractivity contribution is 5.96. The Balaban J connectivity index is 2.03. The normalized spacial score (nSPS) is 12.6. The van der Waals surface area contributed by atoms with E-state index in [9.17, 15) is 31.5 Å². The number of nitrogens with one attached hydrogen (secondary N) is 1. The van der Waals surface area contributed by atoms with Crippen molar-refractivity contribution in [2.45, 2.75) is 18.5 Å². The molecule has 0 saturated carbocycles. The number of H-pyrrole nitrogens is 1. The number of rotatable bonds is 5. The predicted octanol–water partition coefficient (Wildman–Crippen LogP) is 4.47. The fourth-order valence-corrected chi connectivity index (χ4v) is 2.89. The van der Waals surface area contributed by atoms with Gasteiger partial charge in [-0.05, 0) is 35.9 Å². The lowest BCUT2D eigenvalue weighted by atomic mass is 9.88. The first-order valence-corrected chi connectivity index (χ1v) is 8.36. The van der Waals surface area contributed by atoms with Gasteiger partial charge < -0.3 is 4.98 Å². The first kappa shape index (κ1) is 20.4. The number of halogens is 5. The summed E-state index contributed by atoms with van der Waals surface area (Å²) in [7, 11) is 0. The number of alkyl halides is 3. The van der Waals surface area contributed by atoms with Crippen LogP contribution in [0.15, 0.2) is 59.7 Å². The van der Waals surface area contributed by atoms with Crippen LogP contribution in [0.4, 0.5) is 22.0 Å². The zero-order chi connectivity index (χ0) is 21.2. The Hall–Kier alpha value is -3.36. The molecule has 0 fully saturated rings. The number of nitrogens with zero attached hydrogens (tertiary/aromatic N) is 1. The van der Waals surface area contributed by atoms with Gasteiger partial charge in [-0.25, -0.2) is 8.78 Å². The minimum absolute atomic E-state index is 0.0362. The first-order valence-electron chi connectivity index (χ1n) is 8.36. The highest BCUT2D eigenvalue weighted by atomic mass is 19.4. The topological polar surface area (TPSA) is 62.8 Å². The molecule has 3 rings (SSSR count). The highest BCUT2D eigenvalue weighted by Crippen LogP contribution is 2.35. The van der Waals surface area contributed by atoms with Crippen molar-refractivity contribution in [2.24, 2.45) is 0 Å². The summed E-state index contributed by atoms with van der Waals surface area (Å²) in [5, 5.41) is 0. The summed E-state index contributed by atoms with van der Waals surface area (Å²) in [5.41, 5.74) is -2.03. The number of aromatic amines is 1. The van der Waals surface area contributed by atoms with Crippen LogP contribution in [0.1, 0.15) is 39.5 Å². The SMILES string of the molecule is O=C(C[C@@H](c1ccc(C(F)(F)F)c(F)c1)c1ncccc1F)c1ccc(=O)[nH]c1. The summed E-state index contributed by atoms with van der Waals surface area (Å²) in [5.74, 6) is -3.98. The second-order valence-corrected chi connectivity index (χ2v) is 6.23. The van der Waals surface area contributed by atoms with E-state index >= 15 is 0 Å². The van der Waals surface area contributed by atoms with Crippen molar-refractivity contribution in [3.8, 4) is 0 Å².